The van der Waals surface area contributed by atoms with Gasteiger partial charge in [-0.2, -0.15) is 0 Å². The van der Waals surface area contributed by atoms with Gasteiger partial charge < -0.3 is 10.8 Å². The topological polar surface area (TPSA) is 46.2 Å². The highest BCUT2D eigenvalue weighted by molar-refractivity contribution is 5.31. The van der Waals surface area contributed by atoms with Gasteiger partial charge in [0.05, 0.1) is 0 Å². The lowest BCUT2D eigenvalue weighted by Gasteiger charge is -2.27. The first kappa shape index (κ1) is 11.5. The van der Waals surface area contributed by atoms with Gasteiger partial charge in [-0.15, -0.1) is 13.2 Å². The molecule has 80 valence electrons. The fourth-order valence-corrected chi connectivity index (χ4v) is 1.63. The third kappa shape index (κ3) is 2.70. The summed E-state index contributed by atoms with van der Waals surface area (Å²) in [7, 11) is 0. The Morgan fingerprint density at radius 1 is 1.13 bits per heavy atom. The Morgan fingerprint density at radius 3 is 2.00 bits per heavy atom. The van der Waals surface area contributed by atoms with E-state index in [1.165, 1.54) is 0 Å². The molecule has 0 spiro atoms. The minimum atomic E-state index is -0.461. The average molecular weight is 203 g/mol. The Morgan fingerprint density at radius 2 is 1.60 bits per heavy atom. The highest BCUT2D eigenvalue weighted by atomic mass is 16.3. The number of benzene rings is 1. The molecule has 0 unspecified atom stereocenters. The largest absolute Gasteiger partial charge is 0.508 e. The van der Waals surface area contributed by atoms with Crippen molar-refractivity contribution in [3.63, 3.8) is 0 Å². The van der Waals surface area contributed by atoms with Crippen LogP contribution in [0.2, 0.25) is 0 Å². The van der Waals surface area contributed by atoms with E-state index in [0.717, 1.165) is 5.56 Å². The molecule has 0 fully saturated rings. The summed E-state index contributed by atoms with van der Waals surface area (Å²) in [5.74, 6) is 0.248. The molecule has 0 atom stereocenters. The van der Waals surface area contributed by atoms with Gasteiger partial charge in [-0.25, -0.2) is 0 Å². The van der Waals surface area contributed by atoms with Crippen LogP contribution in [-0.2, 0) is 5.54 Å². The number of phenolic OH excluding ortho intramolecular Hbond substituents is 1. The molecule has 0 saturated heterocycles. The molecule has 1 aromatic rings. The third-order valence-corrected chi connectivity index (χ3v) is 2.46. The number of hydrogen-bond donors (Lipinski definition) is 2. The molecule has 0 radical (unpaired) electrons. The predicted octanol–water partition coefficient (Wildman–Crippen LogP) is 2.70. The fraction of sp³-hybridized carbons (Fsp3) is 0.231. The molecular formula is C13H17NO. The van der Waals surface area contributed by atoms with Gasteiger partial charge in [0.15, 0.2) is 0 Å². The second kappa shape index (κ2) is 4.80. The van der Waals surface area contributed by atoms with Crippen molar-refractivity contribution in [1.29, 1.82) is 0 Å². The number of hydrogen-bond acceptors (Lipinski definition) is 2. The quantitative estimate of drug-likeness (QED) is 0.723. The lowest BCUT2D eigenvalue weighted by molar-refractivity contribution is 0.451. The summed E-state index contributed by atoms with van der Waals surface area (Å²) in [6.45, 7) is 7.41. The Hall–Kier alpha value is -1.54. The van der Waals surface area contributed by atoms with Crippen LogP contribution in [0.5, 0.6) is 5.75 Å². The van der Waals surface area contributed by atoms with Crippen LogP contribution in [0.4, 0.5) is 0 Å². The second-order valence-electron chi connectivity index (χ2n) is 3.69. The van der Waals surface area contributed by atoms with Crippen LogP contribution in [0.15, 0.2) is 49.6 Å². The zero-order valence-corrected chi connectivity index (χ0v) is 8.82. The number of nitrogens with two attached hydrogens (primary N) is 1. The van der Waals surface area contributed by atoms with Crippen molar-refractivity contribution in [3.05, 3.63) is 55.1 Å². The van der Waals surface area contributed by atoms with E-state index in [-0.39, 0.29) is 5.75 Å². The Balaban J connectivity index is 3.02. The molecule has 0 amide bonds. The smallest absolute Gasteiger partial charge is 0.115 e. The van der Waals surface area contributed by atoms with Crippen molar-refractivity contribution in [1.82, 2.24) is 0 Å². The van der Waals surface area contributed by atoms with Gasteiger partial charge in [0.2, 0.25) is 0 Å². The van der Waals surface area contributed by atoms with Crippen molar-refractivity contribution < 1.29 is 5.11 Å². The van der Waals surface area contributed by atoms with E-state index >= 15 is 0 Å². The normalized spacial score (nSPS) is 11.0. The third-order valence-electron chi connectivity index (χ3n) is 2.46. The molecule has 1 rings (SSSR count). The zero-order chi connectivity index (χ0) is 11.3. The monoisotopic (exact) mass is 203 g/mol. The minimum absolute atomic E-state index is 0.248. The molecule has 0 bridgehead atoms. The minimum Gasteiger partial charge on any atom is -0.508 e. The van der Waals surface area contributed by atoms with Gasteiger partial charge in [0, 0.05) is 5.54 Å². The summed E-state index contributed by atoms with van der Waals surface area (Å²) < 4.78 is 0. The van der Waals surface area contributed by atoms with E-state index in [2.05, 4.69) is 13.2 Å². The van der Waals surface area contributed by atoms with Gasteiger partial charge in [-0.3, -0.25) is 0 Å². The Bertz CT molecular complexity index is 330. The fourth-order valence-electron chi connectivity index (χ4n) is 1.63. The van der Waals surface area contributed by atoms with E-state index in [1.54, 1.807) is 24.3 Å². The van der Waals surface area contributed by atoms with E-state index in [4.69, 9.17) is 5.73 Å². The molecule has 3 N–H and O–H groups in total. The molecule has 0 aliphatic rings. The molecule has 0 aromatic heterocycles. The van der Waals surface area contributed by atoms with Gasteiger partial charge in [-0.1, -0.05) is 24.3 Å². The first-order valence-electron chi connectivity index (χ1n) is 4.92. The van der Waals surface area contributed by atoms with E-state index in [9.17, 15) is 5.11 Å². The summed E-state index contributed by atoms with van der Waals surface area (Å²) in [5, 5.41) is 9.20. The summed E-state index contributed by atoms with van der Waals surface area (Å²) in [6.07, 6.45) is 4.97. The van der Waals surface area contributed by atoms with E-state index in [1.807, 2.05) is 12.1 Å². The molecule has 0 aliphatic heterocycles. The highest BCUT2D eigenvalue weighted by Gasteiger charge is 2.23. The second-order valence-corrected chi connectivity index (χ2v) is 3.69. The molecule has 0 saturated carbocycles. The van der Waals surface area contributed by atoms with Crippen molar-refractivity contribution in [2.24, 2.45) is 5.73 Å². The average Bonchev–Trinajstić information content (AvgIpc) is 2.19. The van der Waals surface area contributed by atoms with Crippen LogP contribution in [0, 0.1) is 0 Å². The maximum atomic E-state index is 9.20. The van der Waals surface area contributed by atoms with Crippen LogP contribution in [0.25, 0.3) is 0 Å². The molecule has 15 heavy (non-hydrogen) atoms. The standard InChI is InChI=1S/C13H17NO/c1-3-9-13(14,10-4-2)11-5-7-12(15)8-6-11/h3-8,15H,1-2,9-10,14H2. The molecule has 2 nitrogen and oxygen atoms in total. The van der Waals surface area contributed by atoms with Crippen molar-refractivity contribution in [2.45, 2.75) is 18.4 Å². The van der Waals surface area contributed by atoms with Crippen LogP contribution in [-0.4, -0.2) is 5.11 Å². The van der Waals surface area contributed by atoms with Gasteiger partial charge in [0.1, 0.15) is 5.75 Å². The van der Waals surface area contributed by atoms with Crippen molar-refractivity contribution in [3.8, 4) is 5.75 Å². The first-order chi connectivity index (χ1) is 7.12. The Kier molecular flexibility index (Phi) is 3.69. The lowest BCUT2D eigenvalue weighted by Crippen LogP contribution is -2.35. The number of aromatic hydroxyl groups is 1. The van der Waals surface area contributed by atoms with Crippen LogP contribution >= 0.6 is 0 Å². The highest BCUT2D eigenvalue weighted by Crippen LogP contribution is 2.28. The van der Waals surface area contributed by atoms with Crippen LogP contribution in [0.1, 0.15) is 18.4 Å². The number of phenols is 1. The zero-order valence-electron chi connectivity index (χ0n) is 8.82. The summed E-state index contributed by atoms with van der Waals surface area (Å²) >= 11 is 0. The molecule has 0 heterocycles. The molecule has 2 heteroatoms. The number of rotatable bonds is 5. The lowest BCUT2D eigenvalue weighted by atomic mass is 9.84. The van der Waals surface area contributed by atoms with Crippen molar-refractivity contribution in [2.75, 3.05) is 0 Å². The van der Waals surface area contributed by atoms with Crippen molar-refractivity contribution >= 4 is 0 Å². The molecule has 0 aliphatic carbocycles. The Labute approximate surface area is 90.7 Å². The summed E-state index contributed by atoms with van der Waals surface area (Å²) in [4.78, 5) is 0. The van der Waals surface area contributed by atoms with Crippen LogP contribution < -0.4 is 5.73 Å². The maximum absolute atomic E-state index is 9.20. The van der Waals surface area contributed by atoms with Gasteiger partial charge in [-0.05, 0) is 30.5 Å². The van der Waals surface area contributed by atoms with Gasteiger partial charge >= 0.3 is 0 Å². The van der Waals surface area contributed by atoms with Crippen LogP contribution in [0.3, 0.4) is 0 Å². The van der Waals surface area contributed by atoms with Gasteiger partial charge in [0.25, 0.3) is 0 Å². The molecule has 1 aromatic carbocycles. The molecular weight excluding hydrogens is 186 g/mol. The summed E-state index contributed by atoms with van der Waals surface area (Å²) in [5.41, 5.74) is 6.79. The first-order valence-corrected chi connectivity index (χ1v) is 4.92. The summed E-state index contributed by atoms with van der Waals surface area (Å²) in [6, 6.07) is 6.96. The SMILES string of the molecule is C=CCC(N)(CC=C)c1ccc(O)cc1. The van der Waals surface area contributed by atoms with E-state index < -0.39 is 5.54 Å². The predicted molar refractivity (Wildman–Crippen MR) is 63.6 cm³/mol. The van der Waals surface area contributed by atoms with E-state index in [0.29, 0.717) is 12.8 Å². The maximum Gasteiger partial charge on any atom is 0.115 e.